The average molecular weight is 339 g/mol. The van der Waals surface area contributed by atoms with Gasteiger partial charge in [0, 0.05) is 35.5 Å². The van der Waals surface area contributed by atoms with Crippen LogP contribution in [0, 0.1) is 6.92 Å². The standard InChI is InChI=1S/C17H17N5OS/c1-10-15(12-5-3-4-6-13(12)23)16-14(24-10)9-20-17(22-16)21-11(7-18)8-19-2/h3-9,23H,18H2,1-2H3,(H,20,21,22). The van der Waals surface area contributed by atoms with Crippen molar-refractivity contribution in [2.24, 2.45) is 10.7 Å². The maximum absolute atomic E-state index is 10.2. The number of anilines is 1. The van der Waals surface area contributed by atoms with E-state index in [2.05, 4.69) is 20.3 Å². The van der Waals surface area contributed by atoms with Crippen molar-refractivity contribution in [2.75, 3.05) is 12.4 Å². The first kappa shape index (κ1) is 15.9. The SMILES string of the molecule is CN=CC(=CN)Nc1ncc2sc(C)c(-c3ccccc3O)c2n1. The highest BCUT2D eigenvalue weighted by Gasteiger charge is 2.16. The molecule has 0 radical (unpaired) electrons. The Kier molecular flexibility index (Phi) is 4.43. The van der Waals surface area contributed by atoms with Crippen molar-refractivity contribution in [3.8, 4) is 16.9 Å². The lowest BCUT2D eigenvalue weighted by atomic mass is 10.0. The van der Waals surface area contributed by atoms with Gasteiger partial charge in [0.05, 0.1) is 22.1 Å². The molecule has 1 aromatic carbocycles. The summed E-state index contributed by atoms with van der Waals surface area (Å²) in [6, 6.07) is 7.25. The predicted molar refractivity (Wildman–Crippen MR) is 99.6 cm³/mol. The van der Waals surface area contributed by atoms with Crippen molar-refractivity contribution in [3.05, 3.63) is 47.2 Å². The van der Waals surface area contributed by atoms with Crippen LogP contribution >= 0.6 is 11.3 Å². The second kappa shape index (κ2) is 6.67. The molecule has 3 aromatic rings. The minimum absolute atomic E-state index is 0.231. The number of hydrogen-bond acceptors (Lipinski definition) is 7. The number of benzene rings is 1. The van der Waals surface area contributed by atoms with Gasteiger partial charge in [-0.15, -0.1) is 11.3 Å². The lowest BCUT2D eigenvalue weighted by molar-refractivity contribution is 0.477. The van der Waals surface area contributed by atoms with Gasteiger partial charge in [-0.1, -0.05) is 18.2 Å². The van der Waals surface area contributed by atoms with Crippen LogP contribution in [0.15, 0.2) is 47.4 Å². The van der Waals surface area contributed by atoms with Crippen LogP contribution in [0.2, 0.25) is 0 Å². The summed E-state index contributed by atoms with van der Waals surface area (Å²) in [7, 11) is 1.66. The van der Waals surface area contributed by atoms with E-state index in [0.29, 0.717) is 11.6 Å². The molecule has 0 saturated heterocycles. The number of aromatic nitrogens is 2. The molecule has 6 nitrogen and oxygen atoms in total. The number of thiophene rings is 1. The normalized spacial score (nSPS) is 12.2. The summed E-state index contributed by atoms with van der Waals surface area (Å²) >= 11 is 1.60. The van der Waals surface area contributed by atoms with E-state index in [4.69, 9.17) is 5.73 Å². The number of fused-ring (bicyclic) bond motifs is 1. The number of nitrogens with zero attached hydrogens (tertiary/aromatic N) is 3. The minimum atomic E-state index is 0.231. The molecule has 0 spiro atoms. The third-order valence-corrected chi connectivity index (χ3v) is 4.51. The summed E-state index contributed by atoms with van der Waals surface area (Å²) in [6.45, 7) is 2.01. The minimum Gasteiger partial charge on any atom is -0.507 e. The quantitative estimate of drug-likeness (QED) is 0.634. The van der Waals surface area contributed by atoms with Crippen LogP contribution in [-0.2, 0) is 0 Å². The zero-order valence-electron chi connectivity index (χ0n) is 13.3. The van der Waals surface area contributed by atoms with E-state index in [1.165, 1.54) is 6.20 Å². The number of hydrogen-bond donors (Lipinski definition) is 3. The van der Waals surface area contributed by atoms with Crippen LogP contribution in [0.25, 0.3) is 21.3 Å². The average Bonchev–Trinajstić information content (AvgIpc) is 2.90. The second-order valence-electron chi connectivity index (χ2n) is 5.09. The van der Waals surface area contributed by atoms with E-state index in [9.17, 15) is 5.11 Å². The fraction of sp³-hybridized carbons (Fsp3) is 0.118. The van der Waals surface area contributed by atoms with Crippen molar-refractivity contribution in [1.82, 2.24) is 9.97 Å². The molecule has 122 valence electrons. The molecule has 7 heteroatoms. The van der Waals surface area contributed by atoms with Gasteiger partial charge in [-0.3, -0.25) is 4.99 Å². The Morgan fingerprint density at radius 2 is 2.17 bits per heavy atom. The highest BCUT2D eigenvalue weighted by atomic mass is 32.1. The van der Waals surface area contributed by atoms with Crippen LogP contribution in [0.1, 0.15) is 4.88 Å². The maximum atomic E-state index is 10.2. The van der Waals surface area contributed by atoms with Gasteiger partial charge in [-0.05, 0) is 13.0 Å². The Morgan fingerprint density at radius 1 is 1.38 bits per heavy atom. The number of aromatic hydroxyl groups is 1. The van der Waals surface area contributed by atoms with E-state index >= 15 is 0 Å². The highest BCUT2D eigenvalue weighted by molar-refractivity contribution is 7.19. The Labute approximate surface area is 143 Å². The number of phenolic OH excluding ortho intramolecular Hbond substituents is 1. The molecule has 0 aliphatic carbocycles. The van der Waals surface area contributed by atoms with E-state index in [1.807, 2.05) is 19.1 Å². The Bertz CT molecular complexity index is 945. The Morgan fingerprint density at radius 3 is 2.88 bits per heavy atom. The van der Waals surface area contributed by atoms with Crippen LogP contribution in [0.5, 0.6) is 5.75 Å². The summed E-state index contributed by atoms with van der Waals surface area (Å²) in [4.78, 5) is 13.9. The number of phenols is 1. The van der Waals surface area contributed by atoms with E-state index in [0.717, 1.165) is 26.2 Å². The van der Waals surface area contributed by atoms with Crippen molar-refractivity contribution in [2.45, 2.75) is 6.92 Å². The molecule has 0 saturated carbocycles. The van der Waals surface area contributed by atoms with Gasteiger partial charge >= 0.3 is 0 Å². The number of rotatable bonds is 4. The molecule has 0 aliphatic heterocycles. The van der Waals surface area contributed by atoms with Gasteiger partial charge in [-0.2, -0.15) is 0 Å². The molecular formula is C17H17N5OS. The number of aliphatic imine (C=N–C) groups is 1. The third kappa shape index (κ3) is 2.93. The first-order valence-electron chi connectivity index (χ1n) is 7.29. The molecular weight excluding hydrogens is 322 g/mol. The zero-order valence-corrected chi connectivity index (χ0v) is 14.1. The fourth-order valence-corrected chi connectivity index (χ4v) is 3.44. The summed E-state index contributed by atoms with van der Waals surface area (Å²) < 4.78 is 0.957. The van der Waals surface area contributed by atoms with E-state index in [1.54, 1.807) is 42.9 Å². The first-order valence-corrected chi connectivity index (χ1v) is 8.11. The number of allylic oxidation sites excluding steroid dienone is 1. The maximum Gasteiger partial charge on any atom is 0.227 e. The topological polar surface area (TPSA) is 96.4 Å². The summed E-state index contributed by atoms with van der Waals surface area (Å²) in [5, 5.41) is 13.2. The molecule has 4 N–H and O–H groups in total. The Hall–Kier alpha value is -2.93. The molecule has 2 heterocycles. The third-order valence-electron chi connectivity index (χ3n) is 3.48. The van der Waals surface area contributed by atoms with Gasteiger partial charge in [0.25, 0.3) is 0 Å². The predicted octanol–water partition coefficient (Wildman–Crippen LogP) is 3.28. The van der Waals surface area contributed by atoms with Gasteiger partial charge in [0.1, 0.15) is 5.75 Å². The van der Waals surface area contributed by atoms with Crippen molar-refractivity contribution < 1.29 is 5.11 Å². The van der Waals surface area contributed by atoms with Gasteiger partial charge in [0.15, 0.2) is 0 Å². The van der Waals surface area contributed by atoms with E-state index in [-0.39, 0.29) is 5.75 Å². The largest absolute Gasteiger partial charge is 0.507 e. The van der Waals surface area contributed by atoms with Crippen LogP contribution in [0.4, 0.5) is 5.95 Å². The number of nitrogens with two attached hydrogens (primary N) is 1. The summed E-state index contributed by atoms with van der Waals surface area (Å²) in [5.41, 5.74) is 8.64. The molecule has 0 fully saturated rings. The monoisotopic (exact) mass is 339 g/mol. The molecule has 0 amide bonds. The second-order valence-corrected chi connectivity index (χ2v) is 6.35. The van der Waals surface area contributed by atoms with Crippen molar-refractivity contribution in [3.63, 3.8) is 0 Å². The van der Waals surface area contributed by atoms with Gasteiger partial charge in [-0.25, -0.2) is 9.97 Å². The Balaban J connectivity index is 2.12. The van der Waals surface area contributed by atoms with Crippen LogP contribution in [0.3, 0.4) is 0 Å². The molecule has 3 rings (SSSR count). The van der Waals surface area contributed by atoms with Gasteiger partial charge in [0.2, 0.25) is 5.95 Å². The number of nitrogens with one attached hydrogen (secondary N) is 1. The molecule has 0 unspecified atom stereocenters. The molecule has 2 aromatic heterocycles. The molecule has 0 bridgehead atoms. The molecule has 0 aliphatic rings. The fourth-order valence-electron chi connectivity index (χ4n) is 2.45. The zero-order chi connectivity index (χ0) is 17.1. The summed E-state index contributed by atoms with van der Waals surface area (Å²) in [6.07, 6.45) is 4.77. The smallest absolute Gasteiger partial charge is 0.227 e. The highest BCUT2D eigenvalue weighted by Crippen LogP contribution is 2.40. The van der Waals surface area contributed by atoms with Crippen LogP contribution in [-0.4, -0.2) is 28.3 Å². The van der Waals surface area contributed by atoms with Crippen molar-refractivity contribution >= 4 is 33.7 Å². The molecule has 0 atom stereocenters. The summed E-state index contributed by atoms with van der Waals surface area (Å²) in [5.74, 6) is 0.655. The van der Waals surface area contributed by atoms with E-state index < -0.39 is 0 Å². The van der Waals surface area contributed by atoms with Crippen molar-refractivity contribution in [1.29, 1.82) is 0 Å². The number of aryl methyl sites for hydroxylation is 1. The first-order chi connectivity index (χ1) is 11.6. The van der Waals surface area contributed by atoms with Crippen LogP contribution < -0.4 is 11.1 Å². The molecule has 24 heavy (non-hydrogen) atoms. The lowest BCUT2D eigenvalue weighted by Gasteiger charge is -2.06. The number of para-hydroxylation sites is 1. The van der Waals surface area contributed by atoms with Gasteiger partial charge < -0.3 is 16.2 Å². The lowest BCUT2D eigenvalue weighted by Crippen LogP contribution is -2.06.